The summed E-state index contributed by atoms with van der Waals surface area (Å²) >= 11 is 0. The molecule has 98 valence electrons. The maximum atomic E-state index is 12.2. The molecular weight excluding hydrogens is 228 g/mol. The number of fused-ring (bicyclic) bond motifs is 1. The van der Waals surface area contributed by atoms with Crippen LogP contribution >= 0.6 is 0 Å². The smallest absolute Gasteiger partial charge is 0.274 e. The SMILES string of the molecule is CN(C)C(=O)c1nn2c(c1C1CC1)CNCCC2. The molecule has 1 aromatic heterocycles. The van der Waals surface area contributed by atoms with Gasteiger partial charge in [-0.25, -0.2) is 0 Å². The van der Waals surface area contributed by atoms with E-state index in [4.69, 9.17) is 0 Å². The van der Waals surface area contributed by atoms with Crippen molar-refractivity contribution >= 4 is 5.91 Å². The number of nitrogens with zero attached hydrogens (tertiary/aromatic N) is 3. The molecule has 2 heterocycles. The first-order chi connectivity index (χ1) is 8.68. The zero-order chi connectivity index (χ0) is 12.7. The first-order valence-corrected chi connectivity index (χ1v) is 6.70. The molecule has 0 aromatic carbocycles. The third kappa shape index (κ3) is 1.92. The van der Waals surface area contributed by atoms with Crippen molar-refractivity contribution in [1.82, 2.24) is 20.0 Å². The second-order valence-corrected chi connectivity index (χ2v) is 5.44. The Hall–Kier alpha value is -1.36. The lowest BCUT2D eigenvalue weighted by molar-refractivity contribution is 0.0820. The molecule has 1 fully saturated rings. The van der Waals surface area contributed by atoms with Crippen molar-refractivity contribution in [3.63, 3.8) is 0 Å². The second-order valence-electron chi connectivity index (χ2n) is 5.44. The molecule has 0 radical (unpaired) electrons. The zero-order valence-corrected chi connectivity index (χ0v) is 11.1. The average molecular weight is 248 g/mol. The molecule has 0 spiro atoms. The van der Waals surface area contributed by atoms with Gasteiger partial charge in [0.25, 0.3) is 5.91 Å². The summed E-state index contributed by atoms with van der Waals surface area (Å²) in [5.41, 5.74) is 3.13. The molecule has 1 saturated carbocycles. The number of hydrogen-bond acceptors (Lipinski definition) is 3. The van der Waals surface area contributed by atoms with Gasteiger partial charge in [0.15, 0.2) is 5.69 Å². The van der Waals surface area contributed by atoms with Crippen LogP contribution in [0.2, 0.25) is 0 Å². The quantitative estimate of drug-likeness (QED) is 0.848. The molecule has 1 amide bonds. The lowest BCUT2D eigenvalue weighted by atomic mass is 10.1. The highest BCUT2D eigenvalue weighted by Crippen LogP contribution is 2.43. The Bertz CT molecular complexity index is 474. The Kier molecular flexibility index (Phi) is 2.86. The van der Waals surface area contributed by atoms with Crippen LogP contribution in [0.4, 0.5) is 0 Å². The van der Waals surface area contributed by atoms with Crippen LogP contribution in [0.25, 0.3) is 0 Å². The first kappa shape index (κ1) is 11.7. The standard InChI is InChI=1S/C13H20N4O/c1-16(2)13(18)12-11(9-4-5-9)10-8-14-6-3-7-17(10)15-12/h9,14H,3-8H2,1-2H3. The number of carbonyl (C=O) groups excluding carboxylic acids is 1. The minimum Gasteiger partial charge on any atom is -0.343 e. The summed E-state index contributed by atoms with van der Waals surface area (Å²) < 4.78 is 2.05. The molecule has 2 aliphatic rings. The Balaban J connectivity index is 2.05. The van der Waals surface area contributed by atoms with Gasteiger partial charge in [-0.15, -0.1) is 0 Å². The highest BCUT2D eigenvalue weighted by atomic mass is 16.2. The second kappa shape index (κ2) is 4.39. The van der Waals surface area contributed by atoms with Crippen molar-refractivity contribution in [1.29, 1.82) is 0 Å². The highest BCUT2D eigenvalue weighted by Gasteiger charge is 2.35. The van der Waals surface area contributed by atoms with Gasteiger partial charge in [-0.05, 0) is 31.7 Å². The number of hydrogen-bond donors (Lipinski definition) is 1. The van der Waals surface area contributed by atoms with E-state index in [0.717, 1.165) is 26.1 Å². The van der Waals surface area contributed by atoms with Crippen LogP contribution < -0.4 is 5.32 Å². The van der Waals surface area contributed by atoms with E-state index in [-0.39, 0.29) is 5.91 Å². The van der Waals surface area contributed by atoms with E-state index >= 15 is 0 Å². The van der Waals surface area contributed by atoms with Crippen molar-refractivity contribution < 1.29 is 4.79 Å². The summed E-state index contributed by atoms with van der Waals surface area (Å²) in [5.74, 6) is 0.602. The van der Waals surface area contributed by atoms with Gasteiger partial charge in [0.2, 0.25) is 0 Å². The summed E-state index contributed by atoms with van der Waals surface area (Å²) in [6, 6.07) is 0. The Labute approximate surface area is 107 Å². The van der Waals surface area contributed by atoms with Gasteiger partial charge in [0.05, 0.1) is 5.69 Å². The van der Waals surface area contributed by atoms with Crippen LogP contribution in [-0.2, 0) is 13.1 Å². The fourth-order valence-electron chi connectivity index (χ4n) is 2.61. The molecule has 1 aromatic rings. The Morgan fingerprint density at radius 1 is 1.44 bits per heavy atom. The summed E-state index contributed by atoms with van der Waals surface area (Å²) in [6.45, 7) is 2.80. The van der Waals surface area contributed by atoms with E-state index in [1.165, 1.54) is 24.1 Å². The topological polar surface area (TPSA) is 50.2 Å². The summed E-state index contributed by atoms with van der Waals surface area (Å²) in [7, 11) is 3.59. The molecule has 5 heteroatoms. The van der Waals surface area contributed by atoms with Crippen LogP contribution in [0.5, 0.6) is 0 Å². The van der Waals surface area contributed by atoms with E-state index in [1.807, 2.05) is 4.68 Å². The van der Waals surface area contributed by atoms with Gasteiger partial charge >= 0.3 is 0 Å². The number of aryl methyl sites for hydroxylation is 1. The number of carbonyl (C=O) groups is 1. The molecule has 0 bridgehead atoms. The van der Waals surface area contributed by atoms with E-state index in [0.29, 0.717) is 11.6 Å². The third-order valence-corrected chi connectivity index (χ3v) is 3.71. The molecule has 1 N–H and O–H groups in total. The summed E-state index contributed by atoms with van der Waals surface area (Å²) in [5, 5.41) is 8.00. The molecule has 3 rings (SSSR count). The normalized spacial score (nSPS) is 19.2. The van der Waals surface area contributed by atoms with Crippen molar-refractivity contribution in [2.75, 3.05) is 20.6 Å². The summed E-state index contributed by atoms with van der Waals surface area (Å²) in [6.07, 6.45) is 3.48. The van der Waals surface area contributed by atoms with Crippen molar-refractivity contribution in [2.45, 2.75) is 38.3 Å². The third-order valence-electron chi connectivity index (χ3n) is 3.71. The largest absolute Gasteiger partial charge is 0.343 e. The predicted octanol–water partition coefficient (Wildman–Crippen LogP) is 0.956. The number of nitrogens with one attached hydrogen (secondary N) is 1. The minimum atomic E-state index is 0.0393. The van der Waals surface area contributed by atoms with E-state index in [9.17, 15) is 4.79 Å². The van der Waals surface area contributed by atoms with E-state index in [1.54, 1.807) is 19.0 Å². The zero-order valence-electron chi connectivity index (χ0n) is 11.1. The Morgan fingerprint density at radius 3 is 2.89 bits per heavy atom. The Morgan fingerprint density at radius 2 is 2.22 bits per heavy atom. The van der Waals surface area contributed by atoms with Gasteiger partial charge in [0.1, 0.15) is 0 Å². The van der Waals surface area contributed by atoms with Crippen molar-refractivity contribution in [3.8, 4) is 0 Å². The number of rotatable bonds is 2. The molecule has 0 unspecified atom stereocenters. The number of aromatic nitrogens is 2. The molecule has 18 heavy (non-hydrogen) atoms. The van der Waals surface area contributed by atoms with Crippen molar-refractivity contribution in [3.05, 3.63) is 17.0 Å². The molecular formula is C13H20N4O. The molecule has 1 aliphatic carbocycles. The van der Waals surface area contributed by atoms with Crippen molar-refractivity contribution in [2.24, 2.45) is 0 Å². The van der Waals surface area contributed by atoms with Crippen LogP contribution in [0.15, 0.2) is 0 Å². The fourth-order valence-corrected chi connectivity index (χ4v) is 2.61. The van der Waals surface area contributed by atoms with Crippen LogP contribution in [0.1, 0.15) is 46.9 Å². The lowest BCUT2D eigenvalue weighted by Gasteiger charge is -2.10. The maximum absolute atomic E-state index is 12.2. The van der Waals surface area contributed by atoms with Gasteiger partial charge in [-0.3, -0.25) is 9.48 Å². The van der Waals surface area contributed by atoms with Gasteiger partial charge in [0, 0.05) is 32.7 Å². The first-order valence-electron chi connectivity index (χ1n) is 6.70. The molecule has 0 saturated heterocycles. The van der Waals surface area contributed by atoms with Gasteiger partial charge in [-0.2, -0.15) is 5.10 Å². The highest BCUT2D eigenvalue weighted by molar-refractivity contribution is 5.94. The van der Waals surface area contributed by atoms with E-state index in [2.05, 4.69) is 10.4 Å². The lowest BCUT2D eigenvalue weighted by Crippen LogP contribution is -2.23. The molecule has 0 atom stereocenters. The van der Waals surface area contributed by atoms with Crippen LogP contribution in [-0.4, -0.2) is 41.2 Å². The summed E-state index contributed by atoms with van der Waals surface area (Å²) in [4.78, 5) is 13.9. The fraction of sp³-hybridized carbons (Fsp3) is 0.692. The maximum Gasteiger partial charge on any atom is 0.274 e. The molecule has 1 aliphatic heterocycles. The van der Waals surface area contributed by atoms with Gasteiger partial charge < -0.3 is 10.2 Å². The monoisotopic (exact) mass is 248 g/mol. The number of amides is 1. The van der Waals surface area contributed by atoms with Gasteiger partial charge in [-0.1, -0.05) is 0 Å². The predicted molar refractivity (Wildman–Crippen MR) is 68.5 cm³/mol. The van der Waals surface area contributed by atoms with Crippen LogP contribution in [0.3, 0.4) is 0 Å². The average Bonchev–Trinajstić information content (AvgIpc) is 3.15. The molecule has 5 nitrogen and oxygen atoms in total. The van der Waals surface area contributed by atoms with E-state index < -0.39 is 0 Å². The van der Waals surface area contributed by atoms with Crippen LogP contribution in [0, 0.1) is 0 Å². The minimum absolute atomic E-state index is 0.0393.